The van der Waals surface area contributed by atoms with Gasteiger partial charge in [-0.2, -0.15) is 5.26 Å². The summed E-state index contributed by atoms with van der Waals surface area (Å²) in [7, 11) is 1.52. The maximum absolute atomic E-state index is 11.9. The lowest BCUT2D eigenvalue weighted by atomic mass is 10.1. The average molecular weight is 274 g/mol. The number of methoxy groups -OCH3 is 1. The van der Waals surface area contributed by atoms with Crippen molar-refractivity contribution in [3.8, 4) is 11.8 Å². The number of carbonyl (C=O) groups excluding carboxylic acids is 1. The second kappa shape index (κ2) is 8.98. The van der Waals surface area contributed by atoms with Crippen LogP contribution >= 0.6 is 0 Å². The molecule has 0 fully saturated rings. The van der Waals surface area contributed by atoms with Crippen LogP contribution < -0.4 is 10.1 Å². The van der Waals surface area contributed by atoms with E-state index in [2.05, 4.69) is 18.3 Å². The van der Waals surface area contributed by atoms with Gasteiger partial charge in [-0.15, -0.1) is 0 Å². The number of rotatable bonds is 8. The molecule has 0 heterocycles. The normalized spacial score (nSPS) is 9.85. The molecule has 0 aliphatic carbocycles. The Morgan fingerprint density at radius 1 is 1.30 bits per heavy atom. The quantitative estimate of drug-likeness (QED) is 0.732. The Kier molecular flexibility index (Phi) is 7.20. The van der Waals surface area contributed by atoms with E-state index in [0.29, 0.717) is 23.4 Å². The van der Waals surface area contributed by atoms with Crippen molar-refractivity contribution < 1.29 is 9.53 Å². The van der Waals surface area contributed by atoms with Crippen LogP contribution in [0.1, 0.15) is 51.0 Å². The third-order valence-corrected chi connectivity index (χ3v) is 3.14. The molecule has 108 valence electrons. The number of ether oxygens (including phenoxy) is 1. The van der Waals surface area contributed by atoms with Crippen LogP contribution in [-0.2, 0) is 4.79 Å². The highest BCUT2D eigenvalue weighted by atomic mass is 16.5. The van der Waals surface area contributed by atoms with E-state index in [9.17, 15) is 4.79 Å². The van der Waals surface area contributed by atoms with Crippen LogP contribution in [0.25, 0.3) is 0 Å². The molecule has 0 bridgehead atoms. The second-order valence-electron chi connectivity index (χ2n) is 4.71. The number of carbonyl (C=O) groups is 1. The molecule has 1 amide bonds. The Balaban J connectivity index is 2.55. The molecule has 4 nitrogen and oxygen atoms in total. The molecule has 1 aromatic carbocycles. The van der Waals surface area contributed by atoms with E-state index in [1.165, 1.54) is 26.4 Å². The van der Waals surface area contributed by atoms with Crippen LogP contribution in [0.4, 0.5) is 5.69 Å². The minimum Gasteiger partial charge on any atom is -0.495 e. The number of nitriles is 1. The second-order valence-corrected chi connectivity index (χ2v) is 4.71. The molecule has 4 heteroatoms. The Bertz CT molecular complexity index is 478. The van der Waals surface area contributed by atoms with E-state index in [4.69, 9.17) is 10.00 Å². The fourth-order valence-corrected chi connectivity index (χ4v) is 2.01. The summed E-state index contributed by atoms with van der Waals surface area (Å²) < 4.78 is 5.18. The lowest BCUT2D eigenvalue weighted by Crippen LogP contribution is -2.13. The maximum atomic E-state index is 11.9. The Morgan fingerprint density at radius 3 is 2.70 bits per heavy atom. The van der Waals surface area contributed by atoms with E-state index in [1.807, 2.05) is 0 Å². The average Bonchev–Trinajstić information content (AvgIpc) is 2.47. The molecule has 0 aliphatic heterocycles. The van der Waals surface area contributed by atoms with Gasteiger partial charge in [0.15, 0.2) is 0 Å². The van der Waals surface area contributed by atoms with Gasteiger partial charge in [0.1, 0.15) is 17.5 Å². The minimum absolute atomic E-state index is 0.0671. The molecule has 0 unspecified atom stereocenters. The Hall–Kier alpha value is -2.02. The van der Waals surface area contributed by atoms with Crippen molar-refractivity contribution in [2.75, 3.05) is 12.4 Å². The van der Waals surface area contributed by atoms with E-state index in [1.54, 1.807) is 18.2 Å². The van der Waals surface area contributed by atoms with Crippen molar-refractivity contribution in [2.45, 2.75) is 45.4 Å². The van der Waals surface area contributed by atoms with Crippen LogP contribution in [0.5, 0.6) is 5.75 Å². The third kappa shape index (κ3) is 4.93. The first-order valence-corrected chi connectivity index (χ1v) is 7.09. The van der Waals surface area contributed by atoms with Gasteiger partial charge in [0, 0.05) is 6.42 Å². The predicted molar refractivity (Wildman–Crippen MR) is 79.7 cm³/mol. The minimum atomic E-state index is -0.0671. The number of amides is 1. The summed E-state index contributed by atoms with van der Waals surface area (Å²) in [5.41, 5.74) is 0.889. The molecule has 0 atom stereocenters. The molecular weight excluding hydrogens is 252 g/mol. The highest BCUT2D eigenvalue weighted by Gasteiger charge is 2.11. The van der Waals surface area contributed by atoms with Crippen molar-refractivity contribution in [3.63, 3.8) is 0 Å². The molecule has 0 saturated carbocycles. The molecule has 1 N–H and O–H groups in total. The van der Waals surface area contributed by atoms with E-state index >= 15 is 0 Å². The van der Waals surface area contributed by atoms with Crippen LogP contribution in [0, 0.1) is 11.3 Å². The Morgan fingerprint density at radius 2 is 2.05 bits per heavy atom. The number of hydrogen-bond donors (Lipinski definition) is 1. The third-order valence-electron chi connectivity index (χ3n) is 3.14. The summed E-state index contributed by atoms with van der Waals surface area (Å²) in [6.07, 6.45) is 6.00. The maximum Gasteiger partial charge on any atom is 0.224 e. The van der Waals surface area contributed by atoms with Gasteiger partial charge in [-0.1, -0.05) is 38.7 Å². The zero-order chi connectivity index (χ0) is 14.8. The standard InChI is InChI=1S/C16H22N2O2/c1-3-4-5-6-7-11-15(19)18-16-13(12-17)9-8-10-14(16)20-2/h8-10H,3-7,11H2,1-2H3,(H,18,19). The van der Waals surface area contributed by atoms with Gasteiger partial charge in [0.25, 0.3) is 0 Å². The van der Waals surface area contributed by atoms with Gasteiger partial charge < -0.3 is 10.1 Å². The van der Waals surface area contributed by atoms with Gasteiger partial charge in [-0.3, -0.25) is 4.79 Å². The van der Waals surface area contributed by atoms with Crippen molar-refractivity contribution in [2.24, 2.45) is 0 Å². The first-order chi connectivity index (χ1) is 9.72. The molecule has 0 aliphatic rings. The number of anilines is 1. The summed E-state index contributed by atoms with van der Waals surface area (Å²) >= 11 is 0. The van der Waals surface area contributed by atoms with Crippen LogP contribution in [0.2, 0.25) is 0 Å². The number of unbranched alkanes of at least 4 members (excludes halogenated alkanes) is 4. The molecule has 1 rings (SSSR count). The summed E-state index contributed by atoms with van der Waals surface area (Å²) in [4.78, 5) is 11.9. The Labute approximate surface area is 120 Å². The summed E-state index contributed by atoms with van der Waals surface area (Å²) in [6, 6.07) is 7.20. The lowest BCUT2D eigenvalue weighted by molar-refractivity contribution is -0.116. The molecule has 0 radical (unpaired) electrons. The molecule has 20 heavy (non-hydrogen) atoms. The predicted octanol–water partition coefficient (Wildman–Crippen LogP) is 3.87. The lowest BCUT2D eigenvalue weighted by Gasteiger charge is -2.11. The van der Waals surface area contributed by atoms with Crippen molar-refractivity contribution in [1.82, 2.24) is 0 Å². The number of nitrogens with one attached hydrogen (secondary N) is 1. The van der Waals surface area contributed by atoms with Crippen LogP contribution in [0.3, 0.4) is 0 Å². The number of hydrogen-bond acceptors (Lipinski definition) is 3. The number of nitrogens with zero attached hydrogens (tertiary/aromatic N) is 1. The van der Waals surface area contributed by atoms with Crippen molar-refractivity contribution in [3.05, 3.63) is 23.8 Å². The molecule has 0 aromatic heterocycles. The van der Waals surface area contributed by atoms with Crippen molar-refractivity contribution >= 4 is 11.6 Å². The van der Waals surface area contributed by atoms with Gasteiger partial charge in [0.2, 0.25) is 5.91 Å². The fraction of sp³-hybridized carbons (Fsp3) is 0.500. The van der Waals surface area contributed by atoms with Gasteiger partial charge in [-0.05, 0) is 18.6 Å². The highest BCUT2D eigenvalue weighted by molar-refractivity contribution is 5.93. The SMILES string of the molecule is CCCCCCCC(=O)Nc1c(C#N)cccc1OC. The van der Waals surface area contributed by atoms with E-state index < -0.39 is 0 Å². The zero-order valence-corrected chi connectivity index (χ0v) is 12.2. The van der Waals surface area contributed by atoms with Crippen LogP contribution in [0.15, 0.2) is 18.2 Å². The highest BCUT2D eigenvalue weighted by Crippen LogP contribution is 2.28. The molecule has 0 saturated heterocycles. The van der Waals surface area contributed by atoms with Crippen molar-refractivity contribution in [1.29, 1.82) is 5.26 Å². The summed E-state index contributed by atoms with van der Waals surface area (Å²) in [5.74, 6) is 0.450. The monoisotopic (exact) mass is 274 g/mol. The fourth-order valence-electron chi connectivity index (χ4n) is 2.01. The van der Waals surface area contributed by atoms with Gasteiger partial charge in [-0.25, -0.2) is 0 Å². The molecule has 1 aromatic rings. The summed E-state index contributed by atoms with van der Waals surface area (Å²) in [5, 5.41) is 11.9. The molecule has 0 spiro atoms. The zero-order valence-electron chi connectivity index (χ0n) is 12.2. The first kappa shape index (κ1) is 16.0. The first-order valence-electron chi connectivity index (χ1n) is 7.09. The topological polar surface area (TPSA) is 62.1 Å². The molecular formula is C16H22N2O2. The van der Waals surface area contributed by atoms with E-state index in [-0.39, 0.29) is 5.91 Å². The largest absolute Gasteiger partial charge is 0.495 e. The van der Waals surface area contributed by atoms with Crippen LogP contribution in [-0.4, -0.2) is 13.0 Å². The van der Waals surface area contributed by atoms with Gasteiger partial charge >= 0.3 is 0 Å². The van der Waals surface area contributed by atoms with Gasteiger partial charge in [0.05, 0.1) is 12.7 Å². The summed E-state index contributed by atoms with van der Waals surface area (Å²) in [6.45, 7) is 2.16. The number of benzene rings is 1. The number of para-hydroxylation sites is 1. The smallest absolute Gasteiger partial charge is 0.224 e. The van der Waals surface area contributed by atoms with E-state index in [0.717, 1.165) is 12.8 Å².